The highest BCUT2D eigenvalue weighted by molar-refractivity contribution is 7.16. The van der Waals surface area contributed by atoms with Crippen LogP contribution in [0.25, 0.3) is 0 Å². The summed E-state index contributed by atoms with van der Waals surface area (Å²) in [5.41, 5.74) is 1.93. The molecule has 0 radical (unpaired) electrons. The third kappa shape index (κ3) is 5.63. The van der Waals surface area contributed by atoms with E-state index in [1.165, 1.54) is 55.4 Å². The summed E-state index contributed by atoms with van der Waals surface area (Å²) in [5.74, 6) is 0.0662. The lowest BCUT2D eigenvalue weighted by atomic mass is 10.1. The molecule has 132 valence electrons. The monoisotopic (exact) mass is 346 g/mol. The standard InChI is InChI=1S/C20H30N2OS/c1-2-3-4-5-6-7-11-14-19(23)22-20-17(15-21)16-12-9-8-10-13-18(16)24-20/h2-14H2,1H3,(H,22,23). The van der Waals surface area contributed by atoms with Crippen LogP contribution in [0.4, 0.5) is 5.00 Å². The Balaban J connectivity index is 1.79. The number of nitriles is 1. The fourth-order valence-corrected chi connectivity index (χ4v) is 4.64. The van der Waals surface area contributed by atoms with Crippen molar-refractivity contribution in [3.8, 4) is 6.07 Å². The van der Waals surface area contributed by atoms with Gasteiger partial charge in [-0.25, -0.2) is 0 Å². The van der Waals surface area contributed by atoms with Gasteiger partial charge in [-0.1, -0.05) is 51.9 Å². The molecule has 0 spiro atoms. The summed E-state index contributed by atoms with van der Waals surface area (Å²) in [7, 11) is 0. The van der Waals surface area contributed by atoms with Crippen LogP contribution >= 0.6 is 11.3 Å². The van der Waals surface area contributed by atoms with Gasteiger partial charge in [0.1, 0.15) is 11.1 Å². The van der Waals surface area contributed by atoms with Gasteiger partial charge in [-0.15, -0.1) is 11.3 Å². The average molecular weight is 347 g/mol. The van der Waals surface area contributed by atoms with Crippen molar-refractivity contribution in [2.45, 2.75) is 90.4 Å². The van der Waals surface area contributed by atoms with Crippen molar-refractivity contribution in [3.63, 3.8) is 0 Å². The summed E-state index contributed by atoms with van der Waals surface area (Å²) in [6.45, 7) is 2.23. The highest BCUT2D eigenvalue weighted by atomic mass is 32.1. The summed E-state index contributed by atoms with van der Waals surface area (Å²) in [6.07, 6.45) is 14.7. The van der Waals surface area contributed by atoms with Crippen LogP contribution in [-0.2, 0) is 17.6 Å². The molecular formula is C20H30N2OS. The lowest BCUT2D eigenvalue weighted by Gasteiger charge is -2.04. The topological polar surface area (TPSA) is 52.9 Å². The van der Waals surface area contributed by atoms with Crippen LogP contribution in [0.1, 0.15) is 93.6 Å². The molecule has 4 heteroatoms. The molecule has 0 aliphatic heterocycles. The van der Waals surface area contributed by atoms with Gasteiger partial charge in [0, 0.05) is 11.3 Å². The first-order valence-electron chi connectivity index (χ1n) is 9.60. The first-order valence-corrected chi connectivity index (χ1v) is 10.4. The van der Waals surface area contributed by atoms with Crippen LogP contribution < -0.4 is 5.32 Å². The number of nitrogens with one attached hydrogen (secondary N) is 1. The van der Waals surface area contributed by atoms with Crippen molar-refractivity contribution in [1.82, 2.24) is 0 Å². The Kier molecular flexibility index (Phi) is 8.32. The largest absolute Gasteiger partial charge is 0.317 e. The van der Waals surface area contributed by atoms with Crippen molar-refractivity contribution in [2.75, 3.05) is 5.32 Å². The molecular weight excluding hydrogens is 316 g/mol. The van der Waals surface area contributed by atoms with Crippen molar-refractivity contribution in [3.05, 3.63) is 16.0 Å². The molecule has 0 aromatic carbocycles. The average Bonchev–Trinajstić information content (AvgIpc) is 2.74. The molecule has 3 nitrogen and oxygen atoms in total. The molecule has 1 heterocycles. The fourth-order valence-electron chi connectivity index (χ4n) is 3.38. The predicted molar refractivity (Wildman–Crippen MR) is 102 cm³/mol. The molecule has 0 atom stereocenters. The summed E-state index contributed by atoms with van der Waals surface area (Å²) < 4.78 is 0. The number of carbonyl (C=O) groups excluding carboxylic acids is 1. The van der Waals surface area contributed by atoms with E-state index in [1.54, 1.807) is 11.3 Å². The van der Waals surface area contributed by atoms with Crippen molar-refractivity contribution >= 4 is 22.2 Å². The molecule has 24 heavy (non-hydrogen) atoms. The molecule has 0 saturated carbocycles. The van der Waals surface area contributed by atoms with Crippen LogP contribution in [0, 0.1) is 11.3 Å². The van der Waals surface area contributed by atoms with Gasteiger partial charge in [-0.3, -0.25) is 4.79 Å². The molecule has 1 aromatic rings. The Labute approximate surface area is 150 Å². The molecule has 1 aliphatic rings. The quantitative estimate of drug-likeness (QED) is 0.442. The van der Waals surface area contributed by atoms with Crippen molar-refractivity contribution in [1.29, 1.82) is 5.26 Å². The van der Waals surface area contributed by atoms with E-state index in [-0.39, 0.29) is 5.91 Å². The Bertz CT molecular complexity index is 571. The zero-order valence-corrected chi connectivity index (χ0v) is 15.8. The normalized spacial score (nSPS) is 13.8. The molecule has 0 unspecified atom stereocenters. The van der Waals surface area contributed by atoms with E-state index in [2.05, 4.69) is 18.3 Å². The van der Waals surface area contributed by atoms with E-state index in [0.29, 0.717) is 6.42 Å². The molecule has 1 N–H and O–H groups in total. The molecule has 1 amide bonds. The van der Waals surface area contributed by atoms with Crippen LogP contribution in [0.3, 0.4) is 0 Å². The number of hydrogen-bond acceptors (Lipinski definition) is 3. The maximum absolute atomic E-state index is 12.2. The lowest BCUT2D eigenvalue weighted by molar-refractivity contribution is -0.116. The zero-order chi connectivity index (χ0) is 17.2. The van der Waals surface area contributed by atoms with Gasteiger partial charge in [0.2, 0.25) is 5.91 Å². The van der Waals surface area contributed by atoms with Gasteiger partial charge in [0.05, 0.1) is 5.56 Å². The van der Waals surface area contributed by atoms with Crippen LogP contribution in [-0.4, -0.2) is 5.91 Å². The molecule has 0 fully saturated rings. The first-order chi connectivity index (χ1) is 11.8. The minimum atomic E-state index is 0.0662. The first kappa shape index (κ1) is 19.0. The van der Waals surface area contributed by atoms with E-state index in [9.17, 15) is 10.1 Å². The van der Waals surface area contributed by atoms with Gasteiger partial charge in [-0.05, 0) is 37.7 Å². The van der Waals surface area contributed by atoms with E-state index < -0.39 is 0 Å². The number of thiophene rings is 1. The van der Waals surface area contributed by atoms with Gasteiger partial charge < -0.3 is 5.32 Å². The van der Waals surface area contributed by atoms with E-state index in [1.807, 2.05) is 0 Å². The van der Waals surface area contributed by atoms with Gasteiger partial charge in [0.15, 0.2) is 0 Å². The smallest absolute Gasteiger partial charge is 0.225 e. The summed E-state index contributed by atoms with van der Waals surface area (Å²) >= 11 is 1.63. The number of hydrogen-bond donors (Lipinski definition) is 1. The van der Waals surface area contributed by atoms with Crippen LogP contribution in [0.2, 0.25) is 0 Å². The Morgan fingerprint density at radius 2 is 1.79 bits per heavy atom. The Morgan fingerprint density at radius 3 is 2.54 bits per heavy atom. The van der Waals surface area contributed by atoms with Crippen molar-refractivity contribution < 1.29 is 4.79 Å². The Hall–Kier alpha value is -1.34. The number of amides is 1. The van der Waals surface area contributed by atoms with E-state index in [4.69, 9.17) is 0 Å². The number of fused-ring (bicyclic) bond motifs is 1. The third-order valence-corrected chi connectivity index (χ3v) is 6.00. The molecule has 0 bridgehead atoms. The van der Waals surface area contributed by atoms with Crippen LogP contribution in [0.15, 0.2) is 0 Å². The highest BCUT2D eigenvalue weighted by Crippen LogP contribution is 2.37. The minimum absolute atomic E-state index is 0.0662. The number of nitrogens with zero attached hydrogens (tertiary/aromatic N) is 1. The van der Waals surface area contributed by atoms with Gasteiger partial charge in [0.25, 0.3) is 0 Å². The second kappa shape index (κ2) is 10.5. The van der Waals surface area contributed by atoms with E-state index in [0.717, 1.165) is 42.7 Å². The minimum Gasteiger partial charge on any atom is -0.317 e. The number of unbranched alkanes of at least 4 members (excludes halogenated alkanes) is 6. The zero-order valence-electron chi connectivity index (χ0n) is 15.0. The maximum atomic E-state index is 12.2. The molecule has 2 rings (SSSR count). The molecule has 1 aromatic heterocycles. The summed E-state index contributed by atoms with van der Waals surface area (Å²) in [4.78, 5) is 13.5. The molecule has 1 aliphatic carbocycles. The number of aryl methyl sites for hydroxylation is 1. The second-order valence-electron chi connectivity index (χ2n) is 6.80. The lowest BCUT2D eigenvalue weighted by Crippen LogP contribution is -2.11. The number of rotatable bonds is 9. The van der Waals surface area contributed by atoms with Crippen LogP contribution in [0.5, 0.6) is 0 Å². The van der Waals surface area contributed by atoms with Crippen molar-refractivity contribution in [2.24, 2.45) is 0 Å². The van der Waals surface area contributed by atoms with E-state index >= 15 is 0 Å². The number of carbonyl (C=O) groups is 1. The molecule has 0 saturated heterocycles. The summed E-state index contributed by atoms with van der Waals surface area (Å²) in [5, 5.41) is 13.3. The third-order valence-electron chi connectivity index (χ3n) is 4.79. The second-order valence-corrected chi connectivity index (χ2v) is 7.91. The maximum Gasteiger partial charge on any atom is 0.225 e. The van der Waals surface area contributed by atoms with Gasteiger partial charge >= 0.3 is 0 Å². The number of anilines is 1. The highest BCUT2D eigenvalue weighted by Gasteiger charge is 2.20. The van der Waals surface area contributed by atoms with Gasteiger partial charge in [-0.2, -0.15) is 5.26 Å². The fraction of sp³-hybridized carbons (Fsp3) is 0.700. The summed E-state index contributed by atoms with van der Waals surface area (Å²) in [6, 6.07) is 2.33. The SMILES string of the molecule is CCCCCCCCCC(=O)Nc1sc2c(c1C#N)CCCCC2. The predicted octanol–water partition coefficient (Wildman–Crippen LogP) is 5.97. The Morgan fingerprint density at radius 1 is 1.08 bits per heavy atom.